The van der Waals surface area contributed by atoms with Crippen LogP contribution in [0, 0.1) is 0 Å². The van der Waals surface area contributed by atoms with Gasteiger partial charge in [0.15, 0.2) is 12.4 Å². The van der Waals surface area contributed by atoms with Gasteiger partial charge in [0, 0.05) is 0 Å². The molecule has 162 valence electrons. The van der Waals surface area contributed by atoms with E-state index in [9.17, 15) is 4.79 Å². The minimum absolute atomic E-state index is 0.00394. The van der Waals surface area contributed by atoms with E-state index in [0.717, 1.165) is 49.2 Å². The van der Waals surface area contributed by atoms with Crippen LogP contribution in [0.3, 0.4) is 0 Å². The molecule has 0 unspecified atom stereocenters. The molecule has 31 heavy (non-hydrogen) atoms. The summed E-state index contributed by atoms with van der Waals surface area (Å²) in [5, 5.41) is 6.99. The summed E-state index contributed by atoms with van der Waals surface area (Å²) < 4.78 is 16.1. The predicted octanol–water partition coefficient (Wildman–Crippen LogP) is 4.18. The summed E-state index contributed by atoms with van der Waals surface area (Å²) in [7, 11) is 1.64. The van der Waals surface area contributed by atoms with Gasteiger partial charge >= 0.3 is 0 Å². The number of hydrogen-bond donors (Lipinski definition) is 1. The van der Waals surface area contributed by atoms with Crippen molar-refractivity contribution < 1.29 is 18.8 Å². The maximum absolute atomic E-state index is 13.3. The first-order chi connectivity index (χ1) is 15.2. The van der Waals surface area contributed by atoms with Crippen LogP contribution >= 0.6 is 0 Å². The Morgan fingerprint density at radius 3 is 2.48 bits per heavy atom. The third-order valence-corrected chi connectivity index (χ3v) is 5.81. The second-order valence-electron chi connectivity index (χ2n) is 7.76. The van der Waals surface area contributed by atoms with E-state index < -0.39 is 5.41 Å². The second-order valence-corrected chi connectivity index (χ2v) is 7.76. The van der Waals surface area contributed by atoms with E-state index in [1.54, 1.807) is 7.11 Å². The maximum atomic E-state index is 13.3. The molecule has 1 aromatic heterocycles. The number of aromatic nitrogens is 2. The molecule has 0 bridgehead atoms. The Morgan fingerprint density at radius 1 is 1.03 bits per heavy atom. The number of hydrogen-bond acceptors (Lipinski definition) is 6. The van der Waals surface area contributed by atoms with Gasteiger partial charge in [0.1, 0.15) is 11.5 Å². The van der Waals surface area contributed by atoms with Gasteiger partial charge in [-0.3, -0.25) is 4.79 Å². The predicted molar refractivity (Wildman–Crippen MR) is 115 cm³/mol. The lowest BCUT2D eigenvalue weighted by molar-refractivity contribution is -0.128. The summed E-state index contributed by atoms with van der Waals surface area (Å²) in [6.45, 7) is 0.395. The number of rotatable bonds is 8. The summed E-state index contributed by atoms with van der Waals surface area (Å²) in [6.07, 6.45) is 4.87. The van der Waals surface area contributed by atoms with E-state index in [1.807, 2.05) is 54.6 Å². The zero-order valence-electron chi connectivity index (χ0n) is 17.7. The van der Waals surface area contributed by atoms with Crippen LogP contribution in [0.1, 0.15) is 49.4 Å². The molecule has 1 amide bonds. The van der Waals surface area contributed by atoms with Gasteiger partial charge in [0.25, 0.3) is 5.89 Å². The molecule has 1 saturated carbocycles. The minimum atomic E-state index is -0.534. The molecule has 3 aromatic rings. The first-order valence-electron chi connectivity index (χ1n) is 10.6. The zero-order valence-corrected chi connectivity index (χ0v) is 17.7. The van der Waals surface area contributed by atoms with Crippen molar-refractivity contribution in [3.63, 3.8) is 0 Å². The molecule has 0 spiro atoms. The maximum Gasteiger partial charge on any atom is 0.264 e. The number of para-hydroxylation sites is 1. The second kappa shape index (κ2) is 9.64. The monoisotopic (exact) mass is 421 g/mol. The fraction of sp³-hybridized carbons (Fsp3) is 0.375. The summed E-state index contributed by atoms with van der Waals surface area (Å²) in [5.41, 5.74) is 0.489. The Balaban J connectivity index is 1.39. The topological polar surface area (TPSA) is 86.5 Å². The highest BCUT2D eigenvalue weighted by molar-refractivity contribution is 5.88. The lowest BCUT2D eigenvalue weighted by Crippen LogP contribution is -2.45. The molecule has 7 nitrogen and oxygen atoms in total. The molecule has 1 aliphatic rings. The van der Waals surface area contributed by atoms with Gasteiger partial charge in [-0.05, 0) is 42.7 Å². The van der Waals surface area contributed by atoms with Crippen molar-refractivity contribution in [2.75, 3.05) is 7.11 Å². The SMILES string of the molecule is COc1ccc(C2(C(=O)NCc3noc(COc4ccccc4)n3)CCCCC2)cc1. The van der Waals surface area contributed by atoms with E-state index in [4.69, 9.17) is 14.0 Å². The van der Waals surface area contributed by atoms with Crippen LogP contribution in [0.4, 0.5) is 0 Å². The molecule has 2 aromatic carbocycles. The molecule has 0 saturated heterocycles. The van der Waals surface area contributed by atoms with Crippen LogP contribution in [-0.4, -0.2) is 23.2 Å². The lowest BCUT2D eigenvalue weighted by atomic mass is 9.68. The summed E-state index contributed by atoms with van der Waals surface area (Å²) in [6, 6.07) is 17.3. The number of carbonyl (C=O) groups excluding carboxylic acids is 1. The molecule has 0 atom stereocenters. The molecule has 0 aliphatic heterocycles. The fourth-order valence-electron chi connectivity index (χ4n) is 4.12. The van der Waals surface area contributed by atoms with Crippen molar-refractivity contribution in [2.45, 2.75) is 50.7 Å². The molecular formula is C24H27N3O4. The van der Waals surface area contributed by atoms with Crippen LogP contribution in [0.15, 0.2) is 59.1 Å². The minimum Gasteiger partial charge on any atom is -0.497 e. The Morgan fingerprint density at radius 2 is 1.77 bits per heavy atom. The van der Waals surface area contributed by atoms with Gasteiger partial charge < -0.3 is 19.3 Å². The average molecular weight is 421 g/mol. The first-order valence-corrected chi connectivity index (χ1v) is 10.6. The van der Waals surface area contributed by atoms with E-state index >= 15 is 0 Å². The standard InChI is InChI=1S/C24H27N3O4/c1-29-19-12-10-18(11-13-19)24(14-6-3-7-15-24)23(28)25-16-21-26-22(31-27-21)17-30-20-8-4-2-5-9-20/h2,4-5,8-13H,3,6-7,14-17H2,1H3,(H,25,28). The third-order valence-electron chi connectivity index (χ3n) is 5.81. The Hall–Kier alpha value is -3.35. The van der Waals surface area contributed by atoms with Gasteiger partial charge in [-0.1, -0.05) is 54.8 Å². The molecule has 1 fully saturated rings. The number of methoxy groups -OCH3 is 1. The molecule has 1 aliphatic carbocycles. The lowest BCUT2D eigenvalue weighted by Gasteiger charge is -2.36. The van der Waals surface area contributed by atoms with Gasteiger partial charge in [-0.25, -0.2) is 0 Å². The number of nitrogens with one attached hydrogen (secondary N) is 1. The largest absolute Gasteiger partial charge is 0.497 e. The fourth-order valence-corrected chi connectivity index (χ4v) is 4.12. The molecule has 1 heterocycles. The number of benzene rings is 2. The smallest absolute Gasteiger partial charge is 0.264 e. The zero-order chi connectivity index (χ0) is 21.5. The Kier molecular flexibility index (Phi) is 6.50. The van der Waals surface area contributed by atoms with Crippen molar-refractivity contribution in [1.82, 2.24) is 15.5 Å². The summed E-state index contributed by atoms with van der Waals surface area (Å²) >= 11 is 0. The molecular weight excluding hydrogens is 394 g/mol. The van der Waals surface area contributed by atoms with Gasteiger partial charge in [0.2, 0.25) is 5.91 Å². The van der Waals surface area contributed by atoms with E-state index in [-0.39, 0.29) is 19.1 Å². The quantitative estimate of drug-likeness (QED) is 0.587. The van der Waals surface area contributed by atoms with Gasteiger partial charge in [0.05, 0.1) is 19.1 Å². The highest BCUT2D eigenvalue weighted by Crippen LogP contribution is 2.40. The Bertz CT molecular complexity index is 980. The van der Waals surface area contributed by atoms with Crippen molar-refractivity contribution in [3.05, 3.63) is 71.9 Å². The number of carbonyl (C=O) groups is 1. The van der Waals surface area contributed by atoms with Crippen LogP contribution in [0.25, 0.3) is 0 Å². The molecule has 0 radical (unpaired) electrons. The van der Waals surface area contributed by atoms with Crippen molar-refractivity contribution in [1.29, 1.82) is 0 Å². The van der Waals surface area contributed by atoms with Crippen molar-refractivity contribution in [2.24, 2.45) is 0 Å². The first kappa shape index (κ1) is 20.9. The van der Waals surface area contributed by atoms with Gasteiger partial charge in [-0.2, -0.15) is 4.98 Å². The van der Waals surface area contributed by atoms with Crippen LogP contribution < -0.4 is 14.8 Å². The summed E-state index contributed by atoms with van der Waals surface area (Å²) in [4.78, 5) is 17.6. The van der Waals surface area contributed by atoms with Crippen LogP contribution in [0.2, 0.25) is 0 Å². The van der Waals surface area contributed by atoms with Crippen molar-refractivity contribution >= 4 is 5.91 Å². The van der Waals surface area contributed by atoms with Gasteiger partial charge in [-0.15, -0.1) is 0 Å². The van der Waals surface area contributed by atoms with Crippen LogP contribution in [-0.2, 0) is 23.4 Å². The number of amides is 1. The number of ether oxygens (including phenoxy) is 2. The van der Waals surface area contributed by atoms with E-state index in [0.29, 0.717) is 11.7 Å². The normalized spacial score (nSPS) is 15.3. The third kappa shape index (κ3) is 4.87. The average Bonchev–Trinajstić information content (AvgIpc) is 3.30. The highest BCUT2D eigenvalue weighted by Gasteiger charge is 2.41. The Labute approximate surface area is 181 Å². The van der Waals surface area contributed by atoms with Crippen molar-refractivity contribution in [3.8, 4) is 11.5 Å². The number of nitrogens with zero attached hydrogens (tertiary/aromatic N) is 2. The molecule has 1 N–H and O–H groups in total. The van der Waals surface area contributed by atoms with E-state index in [1.165, 1.54) is 0 Å². The molecule has 7 heteroatoms. The summed E-state index contributed by atoms with van der Waals surface area (Å²) in [5.74, 6) is 2.32. The highest BCUT2D eigenvalue weighted by atomic mass is 16.5. The van der Waals surface area contributed by atoms with Crippen LogP contribution in [0.5, 0.6) is 11.5 Å². The van der Waals surface area contributed by atoms with E-state index in [2.05, 4.69) is 15.5 Å². The molecule has 4 rings (SSSR count).